The average Bonchev–Trinajstić information content (AvgIpc) is 2.34. The van der Waals surface area contributed by atoms with Gasteiger partial charge in [-0.25, -0.2) is 0 Å². The Balaban J connectivity index is 6.10. The van der Waals surface area contributed by atoms with Crippen LogP contribution >= 0.6 is 0 Å². The zero-order chi connectivity index (χ0) is 19.4. The molecule has 0 nitrogen and oxygen atoms in total. The lowest BCUT2D eigenvalue weighted by Crippen LogP contribution is -2.82. The Morgan fingerprint density at radius 2 is 0.542 bits per heavy atom. The molecule has 0 aromatic carbocycles. The second kappa shape index (κ2) is 11.4. The topological polar surface area (TPSA) is 0 Å². The normalized spacial score (nSPS) is 9.38. The highest BCUT2D eigenvalue weighted by Crippen LogP contribution is 2.10. The summed E-state index contributed by atoms with van der Waals surface area (Å²) in [6, 6.07) is 0. The Hall–Kier alpha value is 1.49. The molecular formula is CH3B23. The van der Waals surface area contributed by atoms with Gasteiger partial charge in [0, 0.05) is 163 Å². The van der Waals surface area contributed by atoms with E-state index in [9.17, 15) is 0 Å². The first-order valence-corrected chi connectivity index (χ1v) is 7.91. The first-order valence-electron chi connectivity index (χ1n) is 7.91. The molecule has 0 spiro atoms. The fraction of sp³-hybridized carbons (Fsp3) is 1.00. The smallest absolute Gasteiger partial charge is 0.0413 e. The van der Waals surface area contributed by atoms with Crippen molar-refractivity contribution in [2.75, 3.05) is 0 Å². The Morgan fingerprint density at radius 1 is 0.333 bits per heavy atom. The van der Waals surface area contributed by atoms with E-state index in [1.807, 2.05) is 6.82 Å². The fourth-order valence-electron chi connectivity index (χ4n) is 3.71. The SMILES string of the molecule is [B]B([B])B(B([B])[B])B(C)B(B(B([B])[B])B([B])[B])B(B([B])[B])B([B])[B]. The van der Waals surface area contributed by atoms with Crippen LogP contribution in [0.4, 0.5) is 0 Å². The van der Waals surface area contributed by atoms with Gasteiger partial charge in [0.1, 0.15) is 0 Å². The average molecular weight is 264 g/mol. The van der Waals surface area contributed by atoms with Gasteiger partial charge in [0.05, 0.1) is 0 Å². The van der Waals surface area contributed by atoms with Crippen LogP contribution in [-0.2, 0) is 0 Å². The van der Waals surface area contributed by atoms with E-state index in [4.69, 9.17) is 92.8 Å². The summed E-state index contributed by atoms with van der Waals surface area (Å²) in [5, 5.41) is 0. The second-order valence-electron chi connectivity index (χ2n) is 6.63. The molecule has 0 saturated carbocycles. The fourth-order valence-corrected chi connectivity index (χ4v) is 3.71. The third-order valence-corrected chi connectivity index (χ3v) is 4.77. The van der Waals surface area contributed by atoms with Gasteiger partial charge >= 0.3 is 0 Å². The summed E-state index contributed by atoms with van der Waals surface area (Å²) < 4.78 is 0. The zero-order valence-corrected chi connectivity index (χ0v) is 14.3. The van der Waals surface area contributed by atoms with Crippen molar-refractivity contribution in [3.05, 3.63) is 0 Å². The molecule has 0 rings (SSSR count). The van der Waals surface area contributed by atoms with E-state index >= 15 is 0 Å². The molecule has 0 amide bonds. The first kappa shape index (κ1) is 25.5. The summed E-state index contributed by atoms with van der Waals surface area (Å²) in [6.07, 6.45) is -7.37. The minimum Gasteiger partial charge on any atom is -0.101 e. The molecule has 0 aromatic heterocycles. The largest absolute Gasteiger partial charge is 0.101 e. The highest BCUT2D eigenvalue weighted by molar-refractivity contribution is 8.19. The Bertz CT molecular complexity index is 283. The highest BCUT2D eigenvalue weighted by atomic mass is 13.3. The van der Waals surface area contributed by atoms with Crippen molar-refractivity contribution >= 4 is 163 Å². The third-order valence-electron chi connectivity index (χ3n) is 4.77. The zero-order valence-electron chi connectivity index (χ0n) is 14.3. The van der Waals surface area contributed by atoms with Gasteiger partial charge in [-0.1, -0.05) is 0 Å². The van der Waals surface area contributed by atoms with Crippen LogP contribution in [0.3, 0.4) is 0 Å². The van der Waals surface area contributed by atoms with Gasteiger partial charge in [0.25, 0.3) is 0 Å². The van der Waals surface area contributed by atoms with Crippen molar-refractivity contribution < 1.29 is 0 Å². The highest BCUT2D eigenvalue weighted by Gasteiger charge is 2.47. The van der Waals surface area contributed by atoms with Crippen molar-refractivity contribution in [3.8, 4) is 0 Å². The van der Waals surface area contributed by atoms with Gasteiger partial charge in [0.15, 0.2) is 0 Å². The van der Waals surface area contributed by atoms with Gasteiger partial charge in [-0.15, -0.1) is 6.82 Å². The van der Waals surface area contributed by atoms with E-state index in [-0.39, 0.29) is 6.49 Å². The van der Waals surface area contributed by atoms with E-state index in [0.29, 0.717) is 0 Å². The molecule has 24 radical (unpaired) electrons. The molecule has 0 aliphatic heterocycles. The van der Waals surface area contributed by atoms with E-state index in [1.54, 1.807) is 0 Å². The van der Waals surface area contributed by atoms with Crippen LogP contribution in [0.2, 0.25) is 6.82 Å². The summed E-state index contributed by atoms with van der Waals surface area (Å²) >= 11 is 0. The number of hydrogen-bond donors (Lipinski definition) is 0. The molecule has 0 unspecified atom stereocenters. The molecule has 0 atom stereocenters. The predicted molar refractivity (Wildman–Crippen MR) is 138 cm³/mol. The summed E-state index contributed by atoms with van der Waals surface area (Å²) in [5.74, 6) is 0. The van der Waals surface area contributed by atoms with Crippen molar-refractivity contribution in [2.24, 2.45) is 0 Å². The number of rotatable bonds is 10. The van der Waals surface area contributed by atoms with Crippen LogP contribution in [0.25, 0.3) is 0 Å². The Morgan fingerprint density at radius 3 is 0.708 bits per heavy atom. The van der Waals surface area contributed by atoms with Gasteiger partial charge in [-0.3, -0.25) is 0 Å². The van der Waals surface area contributed by atoms with Crippen LogP contribution in [0, 0.1) is 0 Å². The first-order chi connectivity index (χ1) is 10.8. The van der Waals surface area contributed by atoms with Crippen molar-refractivity contribution in [1.82, 2.24) is 0 Å². The maximum atomic E-state index is 5.90. The second-order valence-corrected chi connectivity index (χ2v) is 6.63. The minimum absolute atomic E-state index is 0.353. The summed E-state index contributed by atoms with van der Waals surface area (Å²) in [7, 11) is 70.6. The minimum atomic E-state index is -0.874. The van der Waals surface area contributed by atoms with Gasteiger partial charge < -0.3 is 0 Å². The van der Waals surface area contributed by atoms with Crippen molar-refractivity contribution in [2.45, 2.75) is 6.82 Å². The summed E-state index contributed by atoms with van der Waals surface area (Å²) in [5.41, 5.74) is 0. The standard InChI is InChI=1S/CH3B23/c1-14(21(15(2)3)16(4)5)22(23(17(6)7)18(8)9)24(19(10)11)20(12)13/h1H3. The van der Waals surface area contributed by atoms with E-state index in [2.05, 4.69) is 0 Å². The van der Waals surface area contributed by atoms with E-state index in [1.165, 1.54) is 0 Å². The molecule has 24 heavy (non-hydrogen) atoms. The van der Waals surface area contributed by atoms with Crippen LogP contribution in [-0.4, -0.2) is 163 Å². The van der Waals surface area contributed by atoms with Gasteiger partial charge in [-0.2, -0.15) is 0 Å². The molecule has 0 aromatic rings. The van der Waals surface area contributed by atoms with Crippen molar-refractivity contribution in [3.63, 3.8) is 0 Å². The quantitative estimate of drug-likeness (QED) is 0.344. The monoisotopic (exact) mass is 268 g/mol. The van der Waals surface area contributed by atoms with Gasteiger partial charge in [0.2, 0.25) is 0 Å². The maximum Gasteiger partial charge on any atom is 0.0413 e. The molecule has 0 aliphatic rings. The molecule has 0 N–H and O–H groups in total. The van der Waals surface area contributed by atoms with Crippen LogP contribution in [0.5, 0.6) is 0 Å². The Kier molecular flexibility index (Phi) is 12.1. The third kappa shape index (κ3) is 6.90. The summed E-state index contributed by atoms with van der Waals surface area (Å²) in [4.78, 5) is 0. The molecular weight excluding hydrogens is 261 g/mol. The lowest BCUT2D eigenvalue weighted by atomic mass is 8.38. The maximum absolute atomic E-state index is 5.90. The van der Waals surface area contributed by atoms with E-state index in [0.717, 1.165) is 0 Å². The molecule has 23 heteroatoms. The Labute approximate surface area is 169 Å². The number of hydrogen-bond acceptors (Lipinski definition) is 0. The van der Waals surface area contributed by atoms with Crippen LogP contribution in [0.15, 0.2) is 0 Å². The molecule has 0 aliphatic carbocycles. The van der Waals surface area contributed by atoms with Gasteiger partial charge in [-0.05, 0) is 0 Å². The molecule has 0 heterocycles. The van der Waals surface area contributed by atoms with Crippen molar-refractivity contribution in [1.29, 1.82) is 0 Å². The predicted octanol–water partition coefficient (Wildman–Crippen LogP) is -8.17. The molecule has 0 saturated heterocycles. The lowest BCUT2D eigenvalue weighted by Gasteiger charge is -2.44. The van der Waals surface area contributed by atoms with Crippen LogP contribution < -0.4 is 0 Å². The lowest BCUT2D eigenvalue weighted by molar-refractivity contribution is 2.32. The molecule has 0 fully saturated rings. The molecule has 76 valence electrons. The van der Waals surface area contributed by atoms with E-state index < -0.39 is 63.9 Å². The van der Waals surface area contributed by atoms with Crippen LogP contribution in [0.1, 0.15) is 0 Å². The molecule has 0 bridgehead atoms. The summed E-state index contributed by atoms with van der Waals surface area (Å²) in [6.45, 7) is 1.47.